The maximum Gasteiger partial charge on any atom is 0.305 e. The van der Waals surface area contributed by atoms with Crippen molar-refractivity contribution in [3.8, 4) is 0 Å². The van der Waals surface area contributed by atoms with Gasteiger partial charge in [0.05, 0.1) is 11.4 Å². The van der Waals surface area contributed by atoms with Gasteiger partial charge in [0.1, 0.15) is 6.61 Å². The highest BCUT2D eigenvalue weighted by molar-refractivity contribution is 7.99. The fourth-order valence-corrected chi connectivity index (χ4v) is 5.55. The molecule has 0 spiro atoms. The molecule has 2 aliphatic rings. The average molecular weight is 469 g/mol. The van der Waals surface area contributed by atoms with Crippen LogP contribution < -0.4 is 10.6 Å². The van der Waals surface area contributed by atoms with Crippen LogP contribution in [-0.2, 0) is 9.53 Å². The Hall–Kier alpha value is -2.06. The minimum atomic E-state index is -0.131. The molecule has 7 heteroatoms. The molecule has 0 radical (unpaired) electrons. The predicted molar refractivity (Wildman–Crippen MR) is 135 cm³/mol. The van der Waals surface area contributed by atoms with Gasteiger partial charge in [0.15, 0.2) is 0 Å². The average Bonchev–Trinajstić information content (AvgIpc) is 2.83. The van der Waals surface area contributed by atoms with Crippen molar-refractivity contribution in [3.05, 3.63) is 48.0 Å². The van der Waals surface area contributed by atoms with Crippen LogP contribution >= 0.6 is 11.8 Å². The summed E-state index contributed by atoms with van der Waals surface area (Å²) in [6.07, 6.45) is 2.25. The molecular weight excluding hydrogens is 432 g/mol. The van der Waals surface area contributed by atoms with Crippen LogP contribution in [0.5, 0.6) is 0 Å². The number of piperazine rings is 1. The van der Waals surface area contributed by atoms with E-state index in [1.807, 2.05) is 11.8 Å². The number of hydrogen-bond donors (Lipinski definition) is 1. The zero-order valence-electron chi connectivity index (χ0n) is 19.7. The van der Waals surface area contributed by atoms with Crippen LogP contribution in [0.25, 0.3) is 0 Å². The second kappa shape index (κ2) is 11.9. The molecule has 0 unspecified atom stereocenters. The first-order valence-corrected chi connectivity index (χ1v) is 12.9. The highest BCUT2D eigenvalue weighted by atomic mass is 32.2. The fourth-order valence-electron chi connectivity index (χ4n) is 4.48. The Morgan fingerprint density at radius 2 is 1.67 bits per heavy atom. The Morgan fingerprint density at radius 3 is 2.45 bits per heavy atom. The van der Waals surface area contributed by atoms with Crippen molar-refractivity contribution in [3.63, 3.8) is 0 Å². The van der Waals surface area contributed by atoms with Gasteiger partial charge in [-0.2, -0.15) is 0 Å². The molecule has 4 rings (SSSR count). The summed E-state index contributed by atoms with van der Waals surface area (Å²) >= 11 is 1.87. The number of rotatable bonds is 10. The number of aryl methyl sites for hydroxylation is 1. The molecule has 0 aromatic heterocycles. The molecule has 0 amide bonds. The third-order valence-corrected chi connectivity index (χ3v) is 7.49. The molecule has 1 fully saturated rings. The van der Waals surface area contributed by atoms with E-state index in [4.69, 9.17) is 10.5 Å². The van der Waals surface area contributed by atoms with Crippen LogP contribution in [0.2, 0.25) is 0 Å². The van der Waals surface area contributed by atoms with E-state index in [0.717, 1.165) is 52.2 Å². The number of hydrogen-bond acceptors (Lipinski definition) is 7. The number of carbonyl (C=O) groups excluding carboxylic acids is 1. The summed E-state index contributed by atoms with van der Waals surface area (Å²) in [7, 11) is 0. The zero-order chi connectivity index (χ0) is 23.0. The first kappa shape index (κ1) is 24.1. The molecule has 178 valence electrons. The van der Waals surface area contributed by atoms with E-state index in [1.54, 1.807) is 0 Å². The highest BCUT2D eigenvalue weighted by Gasteiger charge is 2.23. The molecule has 0 saturated carbocycles. The monoisotopic (exact) mass is 468 g/mol. The standard InChI is InChI=1S/C26H36N4O2S/c1-21-9-10-25-23(20-21)30(22-6-2-3-7-24(22)33-25)13-5-12-28-14-16-29(17-15-28)18-19-32-26(31)8-4-11-27/h2-3,6-7,9-10,20H,4-5,8,11-19,27H2,1H3. The number of ether oxygens (including phenoxy) is 1. The number of anilines is 2. The van der Waals surface area contributed by atoms with Crippen LogP contribution in [0, 0.1) is 6.92 Å². The molecule has 0 aliphatic carbocycles. The second-order valence-electron chi connectivity index (χ2n) is 8.84. The van der Waals surface area contributed by atoms with Gasteiger partial charge in [-0.05, 0) is 62.7 Å². The van der Waals surface area contributed by atoms with E-state index in [2.05, 4.69) is 64.1 Å². The summed E-state index contributed by atoms with van der Waals surface area (Å²) < 4.78 is 5.31. The summed E-state index contributed by atoms with van der Waals surface area (Å²) in [5.41, 5.74) is 9.40. The Balaban J connectivity index is 1.22. The van der Waals surface area contributed by atoms with Gasteiger partial charge in [0.25, 0.3) is 0 Å². The van der Waals surface area contributed by atoms with E-state index in [0.29, 0.717) is 26.0 Å². The van der Waals surface area contributed by atoms with Crippen molar-refractivity contribution < 1.29 is 9.53 Å². The number of esters is 1. The van der Waals surface area contributed by atoms with Gasteiger partial charge in [-0.3, -0.25) is 9.69 Å². The van der Waals surface area contributed by atoms with E-state index in [1.165, 1.54) is 26.7 Å². The Kier molecular flexibility index (Phi) is 8.67. The third-order valence-electron chi connectivity index (χ3n) is 6.36. The molecule has 33 heavy (non-hydrogen) atoms. The predicted octanol–water partition coefficient (Wildman–Crippen LogP) is 3.89. The molecule has 2 aromatic rings. The number of carbonyl (C=O) groups is 1. The second-order valence-corrected chi connectivity index (χ2v) is 9.93. The van der Waals surface area contributed by atoms with Crippen molar-refractivity contribution in [1.29, 1.82) is 0 Å². The lowest BCUT2D eigenvalue weighted by Crippen LogP contribution is -2.47. The van der Waals surface area contributed by atoms with Crippen molar-refractivity contribution in [2.24, 2.45) is 5.73 Å². The first-order chi connectivity index (χ1) is 16.1. The summed E-state index contributed by atoms with van der Waals surface area (Å²) in [6, 6.07) is 15.5. The first-order valence-electron chi connectivity index (χ1n) is 12.1. The summed E-state index contributed by atoms with van der Waals surface area (Å²) in [4.78, 5) is 21.7. The summed E-state index contributed by atoms with van der Waals surface area (Å²) in [5.74, 6) is -0.131. The molecule has 2 N–H and O–H groups in total. The van der Waals surface area contributed by atoms with Crippen LogP contribution in [0.15, 0.2) is 52.3 Å². The molecular formula is C26H36N4O2S. The maximum atomic E-state index is 11.6. The molecule has 0 atom stereocenters. The van der Waals surface area contributed by atoms with Gasteiger partial charge in [0, 0.05) is 55.5 Å². The molecule has 2 aromatic carbocycles. The molecule has 1 saturated heterocycles. The van der Waals surface area contributed by atoms with Crippen LogP contribution in [0.1, 0.15) is 24.8 Å². The Morgan fingerprint density at radius 1 is 0.939 bits per heavy atom. The van der Waals surface area contributed by atoms with Crippen molar-refractivity contribution in [2.45, 2.75) is 36.0 Å². The van der Waals surface area contributed by atoms with Gasteiger partial charge >= 0.3 is 5.97 Å². The Labute approximate surface area is 202 Å². The minimum absolute atomic E-state index is 0.131. The van der Waals surface area contributed by atoms with Gasteiger partial charge in [-0.1, -0.05) is 30.0 Å². The lowest BCUT2D eigenvalue weighted by atomic mass is 10.1. The zero-order valence-corrected chi connectivity index (χ0v) is 20.5. The van der Waals surface area contributed by atoms with Crippen LogP contribution in [0.3, 0.4) is 0 Å². The number of nitrogens with two attached hydrogens (primary N) is 1. The number of nitrogens with zero attached hydrogens (tertiary/aromatic N) is 3. The molecule has 2 heterocycles. The lowest BCUT2D eigenvalue weighted by Gasteiger charge is -2.36. The summed E-state index contributed by atoms with van der Waals surface area (Å²) in [6.45, 7) is 10.3. The van der Waals surface area contributed by atoms with Gasteiger partial charge < -0.3 is 20.3 Å². The van der Waals surface area contributed by atoms with E-state index >= 15 is 0 Å². The number of fused-ring (bicyclic) bond motifs is 2. The smallest absolute Gasteiger partial charge is 0.305 e. The highest BCUT2D eigenvalue weighted by Crippen LogP contribution is 2.48. The fraction of sp³-hybridized carbons (Fsp3) is 0.500. The quantitative estimate of drug-likeness (QED) is 0.531. The maximum absolute atomic E-state index is 11.6. The van der Waals surface area contributed by atoms with Crippen LogP contribution in [-0.4, -0.2) is 74.7 Å². The lowest BCUT2D eigenvalue weighted by molar-refractivity contribution is -0.144. The third kappa shape index (κ3) is 6.51. The normalized spacial score (nSPS) is 16.4. The van der Waals surface area contributed by atoms with Crippen molar-refractivity contribution in [2.75, 3.05) is 63.9 Å². The largest absolute Gasteiger partial charge is 0.464 e. The van der Waals surface area contributed by atoms with Gasteiger partial charge in [0.2, 0.25) is 0 Å². The van der Waals surface area contributed by atoms with Crippen molar-refractivity contribution >= 4 is 29.1 Å². The molecule has 6 nitrogen and oxygen atoms in total. The minimum Gasteiger partial charge on any atom is -0.464 e. The number of para-hydroxylation sites is 1. The molecule has 2 aliphatic heterocycles. The number of benzene rings is 2. The van der Waals surface area contributed by atoms with Gasteiger partial charge in [-0.15, -0.1) is 0 Å². The summed E-state index contributed by atoms with van der Waals surface area (Å²) in [5, 5.41) is 0. The van der Waals surface area contributed by atoms with E-state index in [-0.39, 0.29) is 5.97 Å². The topological polar surface area (TPSA) is 62.0 Å². The van der Waals surface area contributed by atoms with E-state index < -0.39 is 0 Å². The Bertz CT molecular complexity index is 930. The molecule has 0 bridgehead atoms. The SMILES string of the molecule is Cc1ccc2c(c1)N(CCCN1CCN(CCOC(=O)CCCN)CC1)c1ccccc1S2. The van der Waals surface area contributed by atoms with Gasteiger partial charge in [-0.25, -0.2) is 0 Å². The van der Waals surface area contributed by atoms with Crippen molar-refractivity contribution in [1.82, 2.24) is 9.80 Å². The van der Waals surface area contributed by atoms with Crippen LogP contribution in [0.4, 0.5) is 11.4 Å². The van der Waals surface area contributed by atoms with E-state index in [9.17, 15) is 4.79 Å².